The molecule has 4 rings (SSSR count). The molecule has 0 spiro atoms. The number of oxazole rings is 1. The second-order valence-electron chi connectivity index (χ2n) is 5.26. The fourth-order valence-electron chi connectivity index (χ4n) is 2.62. The summed E-state index contributed by atoms with van der Waals surface area (Å²) in [7, 11) is 0. The maximum Gasteiger partial charge on any atom is 0.181 e. The third kappa shape index (κ3) is 1.87. The Morgan fingerprint density at radius 2 is 2.05 bits per heavy atom. The number of rotatable bonds is 2. The zero-order valence-corrected chi connectivity index (χ0v) is 10.9. The van der Waals surface area contributed by atoms with E-state index >= 15 is 0 Å². The molecule has 100 valence electrons. The summed E-state index contributed by atoms with van der Waals surface area (Å²) in [5, 5.41) is 0. The van der Waals surface area contributed by atoms with Gasteiger partial charge in [-0.2, -0.15) is 0 Å². The van der Waals surface area contributed by atoms with E-state index in [1.807, 2.05) is 30.5 Å². The molecule has 1 aliphatic carbocycles. The predicted molar refractivity (Wildman–Crippen MR) is 75.0 cm³/mol. The minimum atomic E-state index is 0.304. The third-order valence-corrected chi connectivity index (χ3v) is 3.84. The van der Waals surface area contributed by atoms with Crippen molar-refractivity contribution >= 4 is 11.1 Å². The molecule has 0 aliphatic heterocycles. The molecule has 1 fully saturated rings. The van der Waals surface area contributed by atoms with Crippen LogP contribution < -0.4 is 5.73 Å². The van der Waals surface area contributed by atoms with Crippen molar-refractivity contribution in [2.24, 2.45) is 5.73 Å². The lowest BCUT2D eigenvalue weighted by molar-refractivity contribution is 0.338. The van der Waals surface area contributed by atoms with E-state index in [-0.39, 0.29) is 0 Å². The van der Waals surface area contributed by atoms with E-state index in [0.29, 0.717) is 12.0 Å². The molecule has 0 atom stereocenters. The quantitative estimate of drug-likeness (QED) is 0.771. The largest absolute Gasteiger partial charge is 0.443 e. The number of aromatic nitrogens is 3. The van der Waals surface area contributed by atoms with Gasteiger partial charge in [-0.1, -0.05) is 6.07 Å². The summed E-state index contributed by atoms with van der Waals surface area (Å²) in [5.41, 5.74) is 9.38. The summed E-state index contributed by atoms with van der Waals surface area (Å²) in [6.07, 6.45) is 5.22. The number of fused-ring (bicyclic) bond motifs is 1. The second-order valence-corrected chi connectivity index (χ2v) is 5.26. The van der Waals surface area contributed by atoms with E-state index in [1.165, 1.54) is 6.39 Å². The molecule has 1 aromatic carbocycles. The highest BCUT2D eigenvalue weighted by molar-refractivity contribution is 5.78. The Morgan fingerprint density at radius 3 is 2.90 bits per heavy atom. The number of hydrogen-bond acceptors (Lipinski definition) is 5. The van der Waals surface area contributed by atoms with Gasteiger partial charge >= 0.3 is 0 Å². The first-order chi connectivity index (χ1) is 9.79. The van der Waals surface area contributed by atoms with Crippen molar-refractivity contribution < 1.29 is 4.42 Å². The Labute approximate surface area is 115 Å². The summed E-state index contributed by atoms with van der Waals surface area (Å²) in [6, 6.07) is 8.12. The molecule has 1 aliphatic rings. The topological polar surface area (TPSA) is 77.8 Å². The van der Waals surface area contributed by atoms with Gasteiger partial charge in [0, 0.05) is 23.7 Å². The molecule has 20 heavy (non-hydrogen) atoms. The molecule has 0 bridgehead atoms. The molecule has 2 aromatic heterocycles. The smallest absolute Gasteiger partial charge is 0.181 e. The average molecular weight is 266 g/mol. The molecule has 0 amide bonds. The van der Waals surface area contributed by atoms with Crippen LogP contribution in [0.15, 0.2) is 41.3 Å². The van der Waals surface area contributed by atoms with E-state index in [9.17, 15) is 0 Å². The first-order valence-electron chi connectivity index (χ1n) is 6.72. The van der Waals surface area contributed by atoms with Crippen molar-refractivity contribution in [3.8, 4) is 11.3 Å². The standard InChI is InChI=1S/C15H14N4O/c16-11-5-10(6-11)15-17-4-3-12(19-15)9-1-2-13-14(7-9)20-8-18-13/h1-4,7-8,10-11H,5-6,16H2. The van der Waals surface area contributed by atoms with Crippen LogP contribution in [-0.4, -0.2) is 21.0 Å². The minimum Gasteiger partial charge on any atom is -0.443 e. The van der Waals surface area contributed by atoms with Crippen molar-refractivity contribution in [1.29, 1.82) is 0 Å². The van der Waals surface area contributed by atoms with Gasteiger partial charge < -0.3 is 10.2 Å². The first-order valence-corrected chi connectivity index (χ1v) is 6.72. The highest BCUT2D eigenvalue weighted by Gasteiger charge is 2.29. The predicted octanol–water partition coefficient (Wildman–Crippen LogP) is 2.49. The molecule has 5 heteroatoms. The van der Waals surface area contributed by atoms with Crippen molar-refractivity contribution in [3.63, 3.8) is 0 Å². The Balaban J connectivity index is 1.72. The van der Waals surface area contributed by atoms with Gasteiger partial charge in [-0.3, -0.25) is 0 Å². The molecule has 2 heterocycles. The van der Waals surface area contributed by atoms with E-state index in [4.69, 9.17) is 10.2 Å². The van der Waals surface area contributed by atoms with Crippen LogP contribution in [0.4, 0.5) is 0 Å². The molecule has 2 N–H and O–H groups in total. The van der Waals surface area contributed by atoms with Crippen molar-refractivity contribution in [3.05, 3.63) is 42.7 Å². The van der Waals surface area contributed by atoms with Gasteiger partial charge in [0.15, 0.2) is 12.0 Å². The molecule has 0 saturated heterocycles. The van der Waals surface area contributed by atoms with Crippen LogP contribution in [0.1, 0.15) is 24.6 Å². The summed E-state index contributed by atoms with van der Waals surface area (Å²) >= 11 is 0. The fourth-order valence-corrected chi connectivity index (χ4v) is 2.62. The van der Waals surface area contributed by atoms with Crippen molar-refractivity contribution in [2.45, 2.75) is 24.8 Å². The maximum atomic E-state index is 5.83. The zero-order chi connectivity index (χ0) is 13.5. The van der Waals surface area contributed by atoms with E-state index in [2.05, 4.69) is 15.0 Å². The Hall–Kier alpha value is -2.27. The zero-order valence-electron chi connectivity index (χ0n) is 10.9. The molecular weight excluding hydrogens is 252 g/mol. The van der Waals surface area contributed by atoms with Crippen LogP contribution in [0.5, 0.6) is 0 Å². The van der Waals surface area contributed by atoms with Crippen LogP contribution in [-0.2, 0) is 0 Å². The maximum absolute atomic E-state index is 5.83. The molecule has 0 radical (unpaired) electrons. The third-order valence-electron chi connectivity index (χ3n) is 3.84. The van der Waals surface area contributed by atoms with Gasteiger partial charge in [-0.25, -0.2) is 15.0 Å². The normalized spacial score (nSPS) is 21.9. The molecule has 5 nitrogen and oxygen atoms in total. The number of hydrogen-bond donors (Lipinski definition) is 1. The molecule has 0 unspecified atom stereocenters. The lowest BCUT2D eigenvalue weighted by atomic mass is 9.80. The lowest BCUT2D eigenvalue weighted by Gasteiger charge is -2.31. The first kappa shape index (κ1) is 11.5. The van der Waals surface area contributed by atoms with E-state index < -0.39 is 0 Å². The summed E-state index contributed by atoms with van der Waals surface area (Å²) in [5.74, 6) is 1.29. The molecule has 1 saturated carbocycles. The molecular formula is C15H14N4O. The van der Waals surface area contributed by atoms with Crippen LogP contribution in [0.3, 0.4) is 0 Å². The van der Waals surface area contributed by atoms with E-state index in [1.54, 1.807) is 0 Å². The van der Waals surface area contributed by atoms with Gasteiger partial charge in [0.1, 0.15) is 11.3 Å². The fraction of sp³-hybridized carbons (Fsp3) is 0.267. The summed E-state index contributed by atoms with van der Waals surface area (Å²) in [6.45, 7) is 0. The van der Waals surface area contributed by atoms with Crippen LogP contribution >= 0.6 is 0 Å². The highest BCUT2D eigenvalue weighted by Crippen LogP contribution is 2.34. The summed E-state index contributed by atoms with van der Waals surface area (Å²) in [4.78, 5) is 13.1. The van der Waals surface area contributed by atoms with Gasteiger partial charge in [-0.15, -0.1) is 0 Å². The Kier molecular flexibility index (Phi) is 2.53. The van der Waals surface area contributed by atoms with Gasteiger partial charge in [0.05, 0.1) is 5.69 Å². The summed E-state index contributed by atoms with van der Waals surface area (Å²) < 4.78 is 5.33. The van der Waals surface area contributed by atoms with Crippen LogP contribution in [0, 0.1) is 0 Å². The number of nitrogens with two attached hydrogens (primary N) is 1. The lowest BCUT2D eigenvalue weighted by Crippen LogP contribution is -2.35. The van der Waals surface area contributed by atoms with Crippen molar-refractivity contribution in [1.82, 2.24) is 15.0 Å². The number of nitrogens with zero attached hydrogens (tertiary/aromatic N) is 3. The Morgan fingerprint density at radius 1 is 1.15 bits per heavy atom. The average Bonchev–Trinajstić information content (AvgIpc) is 2.91. The van der Waals surface area contributed by atoms with Crippen molar-refractivity contribution in [2.75, 3.05) is 0 Å². The van der Waals surface area contributed by atoms with Gasteiger partial charge in [-0.05, 0) is 31.0 Å². The van der Waals surface area contributed by atoms with Crippen LogP contribution in [0.25, 0.3) is 22.4 Å². The van der Waals surface area contributed by atoms with Gasteiger partial charge in [0.25, 0.3) is 0 Å². The van der Waals surface area contributed by atoms with E-state index in [0.717, 1.165) is 41.0 Å². The Bertz CT molecular complexity index is 761. The second kappa shape index (κ2) is 4.38. The van der Waals surface area contributed by atoms with Gasteiger partial charge in [0.2, 0.25) is 0 Å². The van der Waals surface area contributed by atoms with Crippen LogP contribution in [0.2, 0.25) is 0 Å². The molecule has 3 aromatic rings. The monoisotopic (exact) mass is 266 g/mol. The highest BCUT2D eigenvalue weighted by atomic mass is 16.3. The SMILES string of the molecule is NC1CC(c2nccc(-c3ccc4ncoc4c3)n2)C1. The minimum absolute atomic E-state index is 0.304. The number of benzene rings is 1.